The van der Waals surface area contributed by atoms with E-state index in [-0.39, 0.29) is 70.4 Å². The first-order chi connectivity index (χ1) is 20.8. The van der Waals surface area contributed by atoms with Gasteiger partial charge in [0.05, 0.1) is 35.0 Å². The first-order valence-corrected chi connectivity index (χ1v) is 14.7. The van der Waals surface area contributed by atoms with E-state index >= 15 is 0 Å². The molecule has 0 saturated heterocycles. The van der Waals surface area contributed by atoms with Crippen LogP contribution in [0.5, 0.6) is 0 Å². The Kier molecular flexibility index (Phi) is 12.0. The summed E-state index contributed by atoms with van der Waals surface area (Å²) in [4.78, 5) is 39.5. The molecule has 2 aliphatic rings. The van der Waals surface area contributed by atoms with Crippen LogP contribution >= 0.6 is 0 Å². The van der Waals surface area contributed by atoms with Gasteiger partial charge in [-0.3, -0.25) is 0 Å². The van der Waals surface area contributed by atoms with E-state index in [1.807, 2.05) is 52.0 Å². The Morgan fingerprint density at radius 3 is 1.80 bits per heavy atom. The average Bonchev–Trinajstić information content (AvgIpc) is 3.59. The van der Waals surface area contributed by atoms with Crippen molar-refractivity contribution in [1.29, 1.82) is 0 Å². The summed E-state index contributed by atoms with van der Waals surface area (Å²) in [6.07, 6.45) is -1.56. The van der Waals surface area contributed by atoms with Crippen LogP contribution in [0.3, 0.4) is 0 Å². The second kappa shape index (κ2) is 14.8. The molecular weight excluding hydrogens is 776 g/mol. The molecule has 0 aromatic carbocycles. The number of aryl methyl sites for hydroxylation is 3. The zero-order valence-corrected chi connectivity index (χ0v) is 29.3. The van der Waals surface area contributed by atoms with Crippen molar-refractivity contribution in [3.63, 3.8) is 0 Å². The van der Waals surface area contributed by atoms with Crippen molar-refractivity contribution < 1.29 is 74.8 Å². The fraction of sp³-hybridized carbons (Fsp3) is 0.353. The summed E-state index contributed by atoms with van der Waals surface area (Å²) in [6.45, 7) is 11.0. The number of nitrogens with one attached hydrogen (secondary N) is 2. The zero-order chi connectivity index (χ0) is 32.0. The summed E-state index contributed by atoms with van der Waals surface area (Å²) in [7, 11) is 0. The van der Waals surface area contributed by atoms with Crippen LogP contribution in [0.4, 0.5) is 0 Å². The SMILES string of the molecule is CC1=C(CCC(=O)[O-])c2cc3[nH]c(cc4nc(cc5[nH]c(cc1n2)c(C)c5C(C)O)C(C)=C4C(C)O)c(C)c3CCC(=O)[O-].[Ag+].[Ag+]. The molecule has 0 saturated carbocycles. The fourth-order valence-electron chi connectivity index (χ4n) is 6.30. The number of hydrogen-bond acceptors (Lipinski definition) is 8. The molecule has 2 unspecified atom stereocenters. The molecule has 4 N–H and O–H groups in total. The van der Waals surface area contributed by atoms with Crippen molar-refractivity contribution in [2.24, 2.45) is 0 Å². The molecule has 250 valence electrons. The van der Waals surface area contributed by atoms with Crippen molar-refractivity contribution in [2.75, 3.05) is 0 Å². The van der Waals surface area contributed by atoms with Crippen LogP contribution in [0.1, 0.15) is 98.1 Å². The number of H-pyrrole nitrogens is 2. The Hall–Kier alpha value is -3.06. The van der Waals surface area contributed by atoms with Crippen molar-refractivity contribution in [3.8, 4) is 0 Å². The first kappa shape index (κ1) is 37.4. The third kappa shape index (κ3) is 7.25. The van der Waals surface area contributed by atoms with Crippen LogP contribution in [0.15, 0.2) is 24.3 Å². The summed E-state index contributed by atoms with van der Waals surface area (Å²) in [5.74, 6) is -2.34. The third-order valence-electron chi connectivity index (χ3n) is 8.63. The van der Waals surface area contributed by atoms with Gasteiger partial charge in [-0.25, -0.2) is 9.97 Å². The number of nitrogens with zero attached hydrogens (tertiary/aromatic N) is 2. The molecule has 5 rings (SSSR count). The quantitative estimate of drug-likeness (QED) is 0.250. The number of carbonyl (C=O) groups is 2. The maximum atomic E-state index is 11.4. The number of aliphatic carboxylic acids is 2. The van der Waals surface area contributed by atoms with E-state index in [9.17, 15) is 30.0 Å². The van der Waals surface area contributed by atoms with Crippen LogP contribution in [-0.4, -0.2) is 48.2 Å². The van der Waals surface area contributed by atoms with E-state index in [4.69, 9.17) is 9.97 Å². The van der Waals surface area contributed by atoms with Gasteiger partial charge in [-0.15, -0.1) is 0 Å². The van der Waals surface area contributed by atoms with Crippen LogP contribution in [0.2, 0.25) is 0 Å². The van der Waals surface area contributed by atoms with Gasteiger partial charge in [-0.1, -0.05) is 0 Å². The molecule has 3 aromatic heterocycles. The van der Waals surface area contributed by atoms with E-state index < -0.39 is 24.1 Å². The molecule has 3 aromatic rings. The molecule has 5 heterocycles. The Morgan fingerprint density at radius 1 is 0.696 bits per heavy atom. The number of carbonyl (C=O) groups excluding carboxylic acids is 2. The van der Waals surface area contributed by atoms with Gasteiger partial charge >= 0.3 is 44.8 Å². The molecule has 0 spiro atoms. The number of carboxylic acids is 2. The monoisotopic (exact) mass is 810 g/mol. The van der Waals surface area contributed by atoms with Gasteiger partial charge in [0.25, 0.3) is 0 Å². The van der Waals surface area contributed by atoms with Crippen LogP contribution < -0.4 is 10.2 Å². The molecule has 46 heavy (non-hydrogen) atoms. The van der Waals surface area contributed by atoms with Crippen LogP contribution in [0, 0.1) is 13.8 Å². The van der Waals surface area contributed by atoms with Gasteiger partial charge in [0.15, 0.2) is 0 Å². The zero-order valence-electron chi connectivity index (χ0n) is 26.3. The van der Waals surface area contributed by atoms with Gasteiger partial charge in [-0.05, 0) is 125 Å². The Bertz CT molecular complexity index is 1930. The number of allylic oxidation sites excluding steroid dienone is 3. The summed E-state index contributed by atoms with van der Waals surface area (Å²) in [5.41, 5.74) is 11.3. The second-order valence-corrected chi connectivity index (χ2v) is 11.6. The van der Waals surface area contributed by atoms with E-state index in [1.54, 1.807) is 13.8 Å². The van der Waals surface area contributed by atoms with Gasteiger partial charge in [0, 0.05) is 45.1 Å². The molecular formula is C34H36Ag2N4O6. The van der Waals surface area contributed by atoms with Crippen LogP contribution in [-0.2, 0) is 60.8 Å². The van der Waals surface area contributed by atoms with E-state index in [1.165, 1.54) is 0 Å². The summed E-state index contributed by atoms with van der Waals surface area (Å²) < 4.78 is 0. The largest absolute Gasteiger partial charge is 1.00 e. The number of aliphatic hydroxyl groups is 2. The minimum absolute atomic E-state index is 0. The number of aromatic nitrogens is 4. The van der Waals surface area contributed by atoms with E-state index in [0.29, 0.717) is 50.5 Å². The molecule has 12 heteroatoms. The minimum atomic E-state index is -1.17. The number of carboxylic acid groups (broad SMARTS) is 2. The number of hydrogen-bond donors (Lipinski definition) is 4. The Labute approximate surface area is 298 Å². The summed E-state index contributed by atoms with van der Waals surface area (Å²) >= 11 is 0. The predicted octanol–water partition coefficient (Wildman–Crippen LogP) is 3.43. The standard InChI is InChI=1S/C34H38N4O6.2Ag/c1-15-21(7-9-31(41)42)27-14-28-22(8-10-32(43)44)16(2)24(36-28)12-29-34(20(6)40)18(4)26(38-29)13-30-33(19(5)39)17(3)25(37-30)11-23(15)35-27;;/h11-14,19-20,36-37,39-40H,7-10H2,1-6H3,(H,41,42)(H,43,44);;/q;2*+1/p-2. The molecule has 10 nitrogen and oxygen atoms in total. The average molecular weight is 812 g/mol. The Morgan fingerprint density at radius 2 is 1.20 bits per heavy atom. The second-order valence-electron chi connectivity index (χ2n) is 11.6. The molecule has 0 fully saturated rings. The summed E-state index contributed by atoms with van der Waals surface area (Å²) in [5, 5.41) is 44.4. The van der Waals surface area contributed by atoms with Crippen molar-refractivity contribution in [3.05, 3.63) is 69.3 Å². The van der Waals surface area contributed by atoms with Crippen molar-refractivity contribution in [2.45, 2.75) is 79.4 Å². The van der Waals surface area contributed by atoms with Crippen molar-refractivity contribution in [1.82, 2.24) is 19.9 Å². The van der Waals surface area contributed by atoms with Gasteiger partial charge in [-0.2, -0.15) is 0 Å². The van der Waals surface area contributed by atoms with Gasteiger partial charge in [0.2, 0.25) is 0 Å². The summed E-state index contributed by atoms with van der Waals surface area (Å²) in [6, 6.07) is 7.41. The number of rotatable bonds is 8. The number of aromatic amines is 2. The van der Waals surface area contributed by atoms with Gasteiger partial charge < -0.3 is 40.0 Å². The maximum absolute atomic E-state index is 11.4. The Balaban J connectivity index is 0.00000288. The van der Waals surface area contributed by atoms with Crippen LogP contribution in [0.25, 0.3) is 44.4 Å². The fourth-order valence-corrected chi connectivity index (χ4v) is 6.30. The third-order valence-corrected chi connectivity index (χ3v) is 8.63. The number of aliphatic hydroxyl groups excluding tert-OH is 2. The smallest absolute Gasteiger partial charge is 0.550 e. The molecule has 0 amide bonds. The van der Waals surface area contributed by atoms with Crippen molar-refractivity contribution >= 4 is 56.3 Å². The topological polar surface area (TPSA) is 178 Å². The molecule has 2 atom stereocenters. The van der Waals surface area contributed by atoms with E-state index in [0.717, 1.165) is 38.9 Å². The molecule has 2 aliphatic heterocycles. The first-order valence-electron chi connectivity index (χ1n) is 14.7. The predicted molar refractivity (Wildman–Crippen MR) is 165 cm³/mol. The maximum Gasteiger partial charge on any atom is 1.00 e. The van der Waals surface area contributed by atoms with E-state index in [2.05, 4.69) is 9.97 Å². The number of fused-ring (bicyclic) bond motifs is 8. The normalized spacial score (nSPS) is 14.1. The molecule has 0 aliphatic carbocycles. The van der Waals surface area contributed by atoms with Gasteiger partial charge in [0.1, 0.15) is 0 Å². The molecule has 8 bridgehead atoms. The molecule has 0 radical (unpaired) electrons. The minimum Gasteiger partial charge on any atom is -0.550 e.